The maximum Gasteiger partial charge on any atom is 0.273 e. The minimum atomic E-state index is -4.64. The number of halogens is 2. The van der Waals surface area contributed by atoms with Crippen molar-refractivity contribution in [2.75, 3.05) is 18.0 Å². The number of nitro benzene ring substituents is 1. The van der Waals surface area contributed by atoms with Crippen LogP contribution in [0.3, 0.4) is 0 Å². The van der Waals surface area contributed by atoms with Crippen LogP contribution in [0.25, 0.3) is 0 Å². The first kappa shape index (κ1) is 35.6. The van der Waals surface area contributed by atoms with Crippen molar-refractivity contribution < 1.29 is 27.7 Å². The molecule has 0 saturated carbocycles. The number of anilines is 1. The lowest BCUT2D eigenvalue weighted by atomic mass is 10.1. The third-order valence-corrected chi connectivity index (χ3v) is 9.05. The van der Waals surface area contributed by atoms with E-state index in [2.05, 4.69) is 5.32 Å². The summed E-state index contributed by atoms with van der Waals surface area (Å²) in [7, 11) is -3.31. The molecule has 45 heavy (non-hydrogen) atoms. The van der Waals surface area contributed by atoms with Crippen molar-refractivity contribution in [1.29, 1.82) is 0 Å². The normalized spacial score (nSPS) is 12.3. The highest BCUT2D eigenvalue weighted by Crippen LogP contribution is 2.36. The molecule has 0 aliphatic heterocycles. The number of aryl methyl sites for hydroxylation is 1. The van der Waals surface area contributed by atoms with Gasteiger partial charge in [-0.1, -0.05) is 48.3 Å². The second-order valence-corrected chi connectivity index (χ2v) is 14.1. The smallest absolute Gasteiger partial charge is 0.273 e. The molecular weight excluding hydrogens is 643 g/mol. The van der Waals surface area contributed by atoms with Gasteiger partial charge in [0.15, 0.2) is 0 Å². The van der Waals surface area contributed by atoms with E-state index < -0.39 is 55.5 Å². The van der Waals surface area contributed by atoms with Crippen molar-refractivity contribution in [3.8, 4) is 5.75 Å². The Morgan fingerprint density at radius 2 is 1.64 bits per heavy atom. The summed E-state index contributed by atoms with van der Waals surface area (Å²) in [4.78, 5) is 39.6. The molecule has 1 atom stereocenters. The number of carbonyl (C=O) groups excluding carboxylic acids is 2. The average Bonchev–Trinajstić information content (AvgIpc) is 2.95. The Hall–Kier alpha value is -3.87. The van der Waals surface area contributed by atoms with Crippen molar-refractivity contribution in [1.82, 2.24) is 10.2 Å². The van der Waals surface area contributed by atoms with Gasteiger partial charge in [0.25, 0.3) is 15.7 Å². The topological polar surface area (TPSA) is 139 Å². The van der Waals surface area contributed by atoms with Gasteiger partial charge in [-0.2, -0.15) is 0 Å². The molecule has 3 aromatic carbocycles. The van der Waals surface area contributed by atoms with E-state index in [1.165, 1.54) is 49.3 Å². The lowest BCUT2D eigenvalue weighted by Crippen LogP contribution is -2.55. The maximum absolute atomic E-state index is 14.3. The zero-order valence-corrected chi connectivity index (χ0v) is 28.2. The molecule has 3 rings (SSSR count). The molecule has 0 spiro atoms. The molecule has 11 nitrogen and oxygen atoms in total. The standard InChI is InChI=1S/C31H36Cl2N4O7S/c1-7-25(30(39)34-31(3,4)5)35(18-21-9-11-22(32)12-10-21)29(38)19-36(27-16-23(33)13-15-28(27)44-6)45(42,43)24-14-8-20(2)26(17-24)37(40)41/h8-17,25H,7,18-19H2,1-6H3,(H,34,39)/t25-/m0/s1. The monoisotopic (exact) mass is 678 g/mol. The van der Waals surface area contributed by atoms with E-state index in [1.54, 1.807) is 31.2 Å². The van der Waals surface area contributed by atoms with Gasteiger partial charge in [-0.3, -0.25) is 24.0 Å². The Bertz CT molecular complexity index is 1680. The summed E-state index contributed by atoms with van der Waals surface area (Å²) in [5.41, 5.74) is -0.177. The molecule has 0 heterocycles. The molecule has 0 aliphatic carbocycles. The molecule has 0 aliphatic rings. The molecule has 3 aromatic rings. The van der Waals surface area contributed by atoms with Crippen LogP contribution in [0.15, 0.2) is 65.6 Å². The van der Waals surface area contributed by atoms with Crippen LogP contribution in [0.4, 0.5) is 11.4 Å². The highest BCUT2D eigenvalue weighted by Gasteiger charge is 2.36. The zero-order chi connectivity index (χ0) is 33.7. The first-order valence-electron chi connectivity index (χ1n) is 14.0. The summed E-state index contributed by atoms with van der Waals surface area (Å²) in [6.45, 7) is 7.83. The number of ether oxygens (including phenoxy) is 1. The lowest BCUT2D eigenvalue weighted by Gasteiger charge is -2.35. The minimum Gasteiger partial charge on any atom is -0.495 e. The van der Waals surface area contributed by atoms with Crippen molar-refractivity contribution in [2.24, 2.45) is 0 Å². The van der Waals surface area contributed by atoms with Gasteiger partial charge in [-0.15, -0.1) is 0 Å². The van der Waals surface area contributed by atoms with Gasteiger partial charge in [0.1, 0.15) is 18.3 Å². The predicted octanol–water partition coefficient (Wildman–Crippen LogP) is 6.14. The number of nitrogens with zero attached hydrogens (tertiary/aromatic N) is 3. The third kappa shape index (κ3) is 8.86. The summed E-state index contributed by atoms with van der Waals surface area (Å²) in [6, 6.07) is 13.5. The highest BCUT2D eigenvalue weighted by molar-refractivity contribution is 7.92. The maximum atomic E-state index is 14.3. The van der Waals surface area contributed by atoms with E-state index in [0.717, 1.165) is 10.4 Å². The van der Waals surface area contributed by atoms with E-state index in [1.807, 2.05) is 20.8 Å². The van der Waals surface area contributed by atoms with Crippen LogP contribution in [0.2, 0.25) is 10.0 Å². The molecule has 242 valence electrons. The fraction of sp³-hybridized carbons (Fsp3) is 0.355. The number of benzene rings is 3. The van der Waals surface area contributed by atoms with Crippen molar-refractivity contribution in [3.05, 3.63) is 92.0 Å². The largest absolute Gasteiger partial charge is 0.495 e. The number of carbonyl (C=O) groups is 2. The van der Waals surface area contributed by atoms with Crippen molar-refractivity contribution in [3.63, 3.8) is 0 Å². The average molecular weight is 680 g/mol. The van der Waals surface area contributed by atoms with Gasteiger partial charge in [-0.05, 0) is 76.1 Å². The van der Waals surface area contributed by atoms with Gasteiger partial charge in [0.05, 0.1) is 22.6 Å². The number of hydrogen-bond acceptors (Lipinski definition) is 7. The van der Waals surface area contributed by atoms with Crippen LogP contribution in [0.5, 0.6) is 5.75 Å². The Morgan fingerprint density at radius 1 is 1.02 bits per heavy atom. The van der Waals surface area contributed by atoms with Crippen LogP contribution in [0, 0.1) is 17.0 Å². The van der Waals surface area contributed by atoms with Crippen LogP contribution >= 0.6 is 23.2 Å². The minimum absolute atomic E-state index is 0.0390. The molecule has 0 aromatic heterocycles. The van der Waals surface area contributed by atoms with Gasteiger partial charge >= 0.3 is 0 Å². The number of methoxy groups -OCH3 is 1. The SMILES string of the molecule is CC[C@@H](C(=O)NC(C)(C)C)N(Cc1ccc(Cl)cc1)C(=O)CN(c1cc(Cl)ccc1OC)S(=O)(=O)c1ccc(C)c([N+](=O)[O-])c1. The van der Waals surface area contributed by atoms with E-state index in [9.17, 15) is 28.1 Å². The molecule has 2 amide bonds. The second-order valence-electron chi connectivity index (χ2n) is 11.3. The van der Waals surface area contributed by atoms with Gasteiger partial charge in [0.2, 0.25) is 11.8 Å². The molecule has 1 N–H and O–H groups in total. The Morgan fingerprint density at radius 3 is 2.20 bits per heavy atom. The van der Waals surface area contributed by atoms with E-state index in [4.69, 9.17) is 27.9 Å². The zero-order valence-electron chi connectivity index (χ0n) is 25.8. The van der Waals surface area contributed by atoms with Crippen LogP contribution in [-0.2, 0) is 26.2 Å². The molecule has 0 fully saturated rings. The first-order chi connectivity index (χ1) is 21.0. The Kier molecular flexibility index (Phi) is 11.5. The fourth-order valence-corrected chi connectivity index (χ4v) is 6.33. The molecule has 0 saturated heterocycles. The molecule has 0 unspecified atom stereocenters. The number of rotatable bonds is 12. The molecule has 14 heteroatoms. The number of sulfonamides is 1. The van der Waals surface area contributed by atoms with Gasteiger partial charge < -0.3 is 15.0 Å². The number of nitrogens with one attached hydrogen (secondary N) is 1. The van der Waals surface area contributed by atoms with Crippen LogP contribution < -0.4 is 14.4 Å². The predicted molar refractivity (Wildman–Crippen MR) is 174 cm³/mol. The Labute approximate surface area is 273 Å². The van der Waals surface area contributed by atoms with E-state index in [-0.39, 0.29) is 35.0 Å². The number of hydrogen-bond donors (Lipinski definition) is 1. The Balaban J connectivity index is 2.20. The van der Waals surface area contributed by atoms with Gasteiger partial charge in [0, 0.05) is 33.8 Å². The number of amides is 2. The summed E-state index contributed by atoms with van der Waals surface area (Å²) < 4.78 is 34.7. The molecule has 0 radical (unpaired) electrons. The second kappa shape index (κ2) is 14.5. The molecule has 0 bridgehead atoms. The van der Waals surface area contributed by atoms with Crippen LogP contribution in [-0.4, -0.2) is 55.3 Å². The summed E-state index contributed by atoms with van der Waals surface area (Å²) in [6.07, 6.45) is 0.221. The quantitative estimate of drug-likeness (QED) is 0.179. The first-order valence-corrected chi connectivity index (χ1v) is 16.1. The summed E-state index contributed by atoms with van der Waals surface area (Å²) >= 11 is 12.3. The summed E-state index contributed by atoms with van der Waals surface area (Å²) in [5, 5.41) is 15.2. The van der Waals surface area contributed by atoms with E-state index >= 15 is 0 Å². The van der Waals surface area contributed by atoms with E-state index in [0.29, 0.717) is 10.6 Å². The van der Waals surface area contributed by atoms with Crippen LogP contribution in [0.1, 0.15) is 45.2 Å². The highest BCUT2D eigenvalue weighted by atomic mass is 35.5. The lowest BCUT2D eigenvalue weighted by molar-refractivity contribution is -0.385. The van der Waals surface area contributed by atoms with Crippen molar-refractivity contribution >= 4 is 56.4 Å². The summed E-state index contributed by atoms with van der Waals surface area (Å²) in [5.74, 6) is -1.05. The fourth-order valence-electron chi connectivity index (χ4n) is 4.60. The van der Waals surface area contributed by atoms with Gasteiger partial charge in [-0.25, -0.2) is 8.42 Å². The third-order valence-electron chi connectivity index (χ3n) is 6.80. The number of nitro groups is 1. The van der Waals surface area contributed by atoms with Crippen molar-refractivity contribution in [2.45, 2.75) is 64.1 Å². The molecular formula is C31H36Cl2N4O7S.